The maximum Gasteiger partial charge on any atom is 0.407 e. The van der Waals surface area contributed by atoms with Gasteiger partial charge in [0.2, 0.25) is 11.8 Å². The first-order valence-electron chi connectivity index (χ1n) is 21.3. The minimum absolute atomic E-state index is 0.0268. The second-order valence-corrected chi connectivity index (χ2v) is 17.9. The number of hydrogen-bond acceptors (Lipinski definition) is 10. The van der Waals surface area contributed by atoms with Gasteiger partial charge in [-0.05, 0) is 75.8 Å². The third-order valence-corrected chi connectivity index (χ3v) is 12.4. The van der Waals surface area contributed by atoms with Crippen LogP contribution >= 0.6 is 23.2 Å². The number of rotatable bonds is 17. The standard InChI is InChI=1S/C44H59Cl2FN4O9/c1-42(2,3)60-41(55)48-19-20-56-21-22-57-23-24-58-25-26-59-28-35(52)51-34-27-29(45)15-16-32(34)44(40(51)54)36(31-13-10-14-33(46)37(31)47)38(50-43(44)17-8-5-9-18-43)39(53)49-30-11-6-4-7-12-30/h10,13-16,27,30,36,38,50H,4-9,11-12,17-26,28H2,1-3H3,(H,48,55)(H,49,53)/t36-,38+,44+/m0/s1. The second kappa shape index (κ2) is 20.7. The van der Waals surface area contributed by atoms with Crippen LogP contribution in [-0.2, 0) is 43.5 Å². The van der Waals surface area contributed by atoms with Crippen molar-refractivity contribution in [2.24, 2.45) is 0 Å². The van der Waals surface area contributed by atoms with Crippen LogP contribution in [0.3, 0.4) is 0 Å². The smallest absolute Gasteiger partial charge is 0.407 e. The van der Waals surface area contributed by atoms with Crippen molar-refractivity contribution >= 4 is 52.7 Å². The molecule has 2 aromatic rings. The zero-order chi connectivity index (χ0) is 42.9. The summed E-state index contributed by atoms with van der Waals surface area (Å²) in [5.41, 5.74) is -2.16. The first kappa shape index (κ1) is 46.1. The number of nitrogens with zero attached hydrogens (tertiary/aromatic N) is 1. The quantitative estimate of drug-likeness (QED) is 0.146. The van der Waals surface area contributed by atoms with Gasteiger partial charge in [-0.3, -0.25) is 19.7 Å². The lowest BCUT2D eigenvalue weighted by Gasteiger charge is -2.47. The molecule has 60 heavy (non-hydrogen) atoms. The fraction of sp³-hybridized carbons (Fsp3) is 0.636. The number of hydrogen-bond donors (Lipinski definition) is 3. The molecule has 2 aliphatic carbocycles. The van der Waals surface area contributed by atoms with Crippen molar-refractivity contribution in [2.75, 3.05) is 64.3 Å². The Hall–Kier alpha value is -3.37. The van der Waals surface area contributed by atoms with Gasteiger partial charge in [0.05, 0.1) is 63.0 Å². The monoisotopic (exact) mass is 876 g/mol. The molecule has 0 radical (unpaired) electrons. The number of ether oxygens (including phenoxy) is 5. The molecule has 2 aromatic carbocycles. The predicted octanol–water partition coefficient (Wildman–Crippen LogP) is 6.74. The van der Waals surface area contributed by atoms with E-state index in [-0.39, 0.29) is 42.4 Å². The third-order valence-electron chi connectivity index (χ3n) is 11.9. The molecule has 13 nitrogen and oxygen atoms in total. The van der Waals surface area contributed by atoms with Crippen LogP contribution in [0.15, 0.2) is 36.4 Å². The first-order valence-corrected chi connectivity index (χ1v) is 22.0. The van der Waals surface area contributed by atoms with Crippen LogP contribution in [0.5, 0.6) is 0 Å². The molecule has 2 saturated carbocycles. The van der Waals surface area contributed by atoms with Crippen molar-refractivity contribution in [2.45, 2.75) is 120 Å². The lowest BCUT2D eigenvalue weighted by atomic mass is 9.55. The van der Waals surface area contributed by atoms with Crippen molar-refractivity contribution in [3.63, 3.8) is 0 Å². The van der Waals surface area contributed by atoms with Crippen LogP contribution in [0.1, 0.15) is 102 Å². The molecule has 1 saturated heterocycles. The first-order chi connectivity index (χ1) is 28.8. The van der Waals surface area contributed by atoms with E-state index in [0.717, 1.165) is 56.3 Å². The largest absolute Gasteiger partial charge is 0.444 e. The highest BCUT2D eigenvalue weighted by Gasteiger charge is 2.74. The summed E-state index contributed by atoms with van der Waals surface area (Å²) in [4.78, 5) is 57.1. The van der Waals surface area contributed by atoms with Gasteiger partial charge in [-0.25, -0.2) is 14.1 Å². The van der Waals surface area contributed by atoms with E-state index >= 15 is 9.18 Å². The van der Waals surface area contributed by atoms with Gasteiger partial charge in [0.15, 0.2) is 0 Å². The molecule has 2 aliphatic heterocycles. The van der Waals surface area contributed by atoms with Crippen molar-refractivity contribution in [1.29, 1.82) is 0 Å². The minimum atomic E-state index is -1.56. The minimum Gasteiger partial charge on any atom is -0.444 e. The summed E-state index contributed by atoms with van der Waals surface area (Å²) in [6, 6.07) is 8.68. The number of nitrogens with one attached hydrogen (secondary N) is 3. The number of carbonyl (C=O) groups is 4. The number of benzene rings is 2. The van der Waals surface area contributed by atoms with E-state index in [9.17, 15) is 14.4 Å². The van der Waals surface area contributed by atoms with E-state index < -0.39 is 58.8 Å². The Bertz CT molecular complexity index is 1830. The average Bonchev–Trinajstić information content (AvgIpc) is 3.63. The number of carbonyl (C=O) groups excluding carboxylic acids is 4. The van der Waals surface area contributed by atoms with E-state index in [1.54, 1.807) is 51.1 Å². The van der Waals surface area contributed by atoms with E-state index in [0.29, 0.717) is 62.1 Å². The van der Waals surface area contributed by atoms with Crippen LogP contribution in [0.2, 0.25) is 10.0 Å². The molecule has 2 spiro atoms. The second-order valence-electron chi connectivity index (χ2n) is 17.1. The number of imide groups is 1. The normalized spacial score (nSPS) is 22.6. The Morgan fingerprint density at radius 1 is 0.867 bits per heavy atom. The van der Waals surface area contributed by atoms with Gasteiger partial charge in [0.25, 0.3) is 5.91 Å². The number of fused-ring (bicyclic) bond motifs is 3. The third kappa shape index (κ3) is 10.3. The number of anilines is 1. The van der Waals surface area contributed by atoms with Gasteiger partial charge in [-0.1, -0.05) is 79.9 Å². The van der Waals surface area contributed by atoms with Crippen LogP contribution < -0.4 is 20.9 Å². The fourth-order valence-electron chi connectivity index (χ4n) is 9.52. The maximum absolute atomic E-state index is 16.5. The molecule has 4 amide bonds. The molecular formula is C44H59Cl2FN4O9. The molecule has 4 aliphatic rings. The Morgan fingerprint density at radius 3 is 2.17 bits per heavy atom. The van der Waals surface area contributed by atoms with Crippen molar-refractivity contribution < 1.29 is 47.3 Å². The van der Waals surface area contributed by atoms with Crippen molar-refractivity contribution in [1.82, 2.24) is 16.0 Å². The Kier molecular flexibility index (Phi) is 15.9. The Balaban J connectivity index is 1.11. The fourth-order valence-corrected chi connectivity index (χ4v) is 9.87. The molecule has 16 heteroatoms. The summed E-state index contributed by atoms with van der Waals surface area (Å²) in [5.74, 6) is -3.21. The van der Waals surface area contributed by atoms with Gasteiger partial charge in [0, 0.05) is 29.1 Å². The molecule has 3 fully saturated rings. The van der Waals surface area contributed by atoms with Crippen LogP contribution in [0.4, 0.5) is 14.9 Å². The molecule has 3 N–H and O–H groups in total. The topological polar surface area (TPSA) is 154 Å². The molecule has 330 valence electrons. The molecule has 0 aromatic heterocycles. The number of amides is 4. The highest BCUT2D eigenvalue weighted by molar-refractivity contribution is 6.32. The van der Waals surface area contributed by atoms with E-state index in [1.165, 1.54) is 6.07 Å². The lowest BCUT2D eigenvalue weighted by molar-refractivity contribution is -0.133. The number of alkyl carbamates (subject to hydrolysis) is 1. The van der Waals surface area contributed by atoms with Gasteiger partial charge in [0.1, 0.15) is 23.4 Å². The summed E-state index contributed by atoms with van der Waals surface area (Å²) in [6.45, 7) is 7.08. The van der Waals surface area contributed by atoms with Crippen molar-refractivity contribution in [3.05, 3.63) is 63.4 Å². The average molecular weight is 878 g/mol. The summed E-state index contributed by atoms with van der Waals surface area (Å²) in [6.07, 6.45) is 7.87. The van der Waals surface area contributed by atoms with Crippen LogP contribution in [-0.4, -0.2) is 106 Å². The highest BCUT2D eigenvalue weighted by Crippen LogP contribution is 2.64. The van der Waals surface area contributed by atoms with Gasteiger partial charge in [-0.15, -0.1) is 0 Å². The molecule has 3 atom stereocenters. The Labute approximate surface area is 362 Å². The number of halogens is 3. The summed E-state index contributed by atoms with van der Waals surface area (Å²) >= 11 is 13.0. The zero-order valence-corrected chi connectivity index (χ0v) is 36.4. The molecule has 0 bridgehead atoms. The van der Waals surface area contributed by atoms with Crippen LogP contribution in [0.25, 0.3) is 0 Å². The van der Waals surface area contributed by atoms with E-state index in [1.807, 2.05) is 0 Å². The molecule has 0 unspecified atom stereocenters. The summed E-state index contributed by atoms with van der Waals surface area (Å²) < 4.78 is 44.0. The molecule has 2 heterocycles. The van der Waals surface area contributed by atoms with E-state index in [2.05, 4.69) is 16.0 Å². The van der Waals surface area contributed by atoms with Gasteiger partial charge < -0.3 is 34.3 Å². The highest BCUT2D eigenvalue weighted by atomic mass is 35.5. The zero-order valence-electron chi connectivity index (χ0n) is 34.9. The van der Waals surface area contributed by atoms with Crippen LogP contribution in [0, 0.1) is 5.82 Å². The van der Waals surface area contributed by atoms with E-state index in [4.69, 9.17) is 46.9 Å². The maximum atomic E-state index is 16.5. The van der Waals surface area contributed by atoms with Crippen molar-refractivity contribution in [3.8, 4) is 0 Å². The molecule has 6 rings (SSSR count). The van der Waals surface area contributed by atoms with Gasteiger partial charge >= 0.3 is 6.09 Å². The van der Waals surface area contributed by atoms with Gasteiger partial charge in [-0.2, -0.15) is 0 Å². The predicted molar refractivity (Wildman–Crippen MR) is 225 cm³/mol. The SMILES string of the molecule is CC(C)(C)OC(=O)NCCOCCOCCOCCOCC(=O)N1C(=O)[C@@]2(c3ccc(Cl)cc31)[C@@H](c1cccc(Cl)c1F)[C@H](C(=O)NC1CCCCC1)NC21CCCCC1. The summed E-state index contributed by atoms with van der Waals surface area (Å²) in [5, 5.41) is 9.75. The molecular weight excluding hydrogens is 818 g/mol. The lowest BCUT2D eigenvalue weighted by Crippen LogP contribution is -2.62. The summed E-state index contributed by atoms with van der Waals surface area (Å²) in [7, 11) is 0. The Morgan fingerprint density at radius 2 is 1.50 bits per heavy atom.